The zero-order chi connectivity index (χ0) is 9.40. The molecule has 0 saturated carbocycles. The molecule has 4 nitrogen and oxygen atoms in total. The highest BCUT2D eigenvalue weighted by molar-refractivity contribution is 5.66. The van der Waals surface area contributed by atoms with Crippen LogP contribution < -0.4 is 5.32 Å². The Bertz CT molecular complexity index is 126. The summed E-state index contributed by atoms with van der Waals surface area (Å²) >= 11 is 0. The minimum Gasteiger partial charge on any atom is -0.448 e. The average Bonchev–Trinajstić information content (AvgIpc) is 2.00. The molecule has 0 unspecified atom stereocenters. The highest BCUT2D eigenvalue weighted by Crippen LogP contribution is 1.80. The quantitative estimate of drug-likeness (QED) is 0.666. The Balaban J connectivity index is 3.20. The van der Waals surface area contributed by atoms with Crippen LogP contribution in [0.4, 0.5) is 4.79 Å². The van der Waals surface area contributed by atoms with E-state index >= 15 is 0 Å². The predicted molar refractivity (Wildman–Crippen MR) is 48.2 cm³/mol. The van der Waals surface area contributed by atoms with E-state index in [2.05, 4.69) is 5.32 Å². The Morgan fingerprint density at radius 1 is 1.50 bits per heavy atom. The Hall–Kier alpha value is -0.770. The lowest BCUT2D eigenvalue weighted by Crippen LogP contribution is -2.28. The number of rotatable bonds is 5. The monoisotopic (exact) mass is 174 g/mol. The van der Waals surface area contributed by atoms with Crippen LogP contribution in [0.25, 0.3) is 0 Å². The van der Waals surface area contributed by atoms with Crippen molar-refractivity contribution in [2.45, 2.75) is 13.3 Å². The number of carbonyl (C=O) groups is 1. The molecule has 1 amide bonds. The first-order chi connectivity index (χ1) is 5.66. The summed E-state index contributed by atoms with van der Waals surface area (Å²) in [6.07, 6.45) is 0.613. The fraction of sp³-hybridized carbons (Fsp3) is 0.875. The van der Waals surface area contributed by atoms with Crippen LogP contribution in [0, 0.1) is 0 Å². The molecule has 12 heavy (non-hydrogen) atoms. The Kier molecular flexibility index (Phi) is 6.47. The van der Waals surface area contributed by atoms with Crippen LogP contribution in [0.5, 0.6) is 0 Å². The van der Waals surface area contributed by atoms with Gasteiger partial charge in [0.1, 0.15) is 6.61 Å². The first-order valence-electron chi connectivity index (χ1n) is 4.22. The van der Waals surface area contributed by atoms with Crippen molar-refractivity contribution in [2.24, 2.45) is 0 Å². The van der Waals surface area contributed by atoms with Gasteiger partial charge in [-0.15, -0.1) is 0 Å². The lowest BCUT2D eigenvalue weighted by Gasteiger charge is -2.10. The standard InChI is InChI=1S/C8H18N2O2/c1-4-5-9-8(11)12-7-6-10(2)3/h4-7H2,1-3H3,(H,9,11). The third-order valence-corrected chi connectivity index (χ3v) is 1.29. The first-order valence-corrected chi connectivity index (χ1v) is 4.22. The number of hydrogen-bond donors (Lipinski definition) is 1. The van der Waals surface area contributed by atoms with Gasteiger partial charge in [0.2, 0.25) is 0 Å². The number of amides is 1. The van der Waals surface area contributed by atoms with Gasteiger partial charge in [-0.25, -0.2) is 4.79 Å². The molecule has 0 rings (SSSR count). The van der Waals surface area contributed by atoms with Crippen molar-refractivity contribution in [3.05, 3.63) is 0 Å². The maximum atomic E-state index is 10.8. The Morgan fingerprint density at radius 3 is 2.67 bits per heavy atom. The molecule has 0 aliphatic heterocycles. The predicted octanol–water partition coefficient (Wildman–Crippen LogP) is 0.684. The molecule has 0 saturated heterocycles. The van der Waals surface area contributed by atoms with Gasteiger partial charge in [-0.1, -0.05) is 6.92 Å². The highest BCUT2D eigenvalue weighted by atomic mass is 16.5. The zero-order valence-electron chi connectivity index (χ0n) is 8.09. The van der Waals surface area contributed by atoms with E-state index in [1.807, 2.05) is 25.9 Å². The fourth-order valence-electron chi connectivity index (χ4n) is 0.599. The summed E-state index contributed by atoms with van der Waals surface area (Å²) in [6.45, 7) is 3.89. The van der Waals surface area contributed by atoms with Crippen LogP contribution in [0.15, 0.2) is 0 Å². The molecule has 0 aromatic heterocycles. The van der Waals surface area contributed by atoms with Gasteiger partial charge >= 0.3 is 6.09 Å². The van der Waals surface area contributed by atoms with E-state index in [0.717, 1.165) is 13.0 Å². The summed E-state index contributed by atoms with van der Waals surface area (Å²) < 4.78 is 4.86. The Morgan fingerprint density at radius 2 is 2.17 bits per heavy atom. The molecule has 0 aliphatic rings. The van der Waals surface area contributed by atoms with Crippen LogP contribution >= 0.6 is 0 Å². The van der Waals surface area contributed by atoms with Crippen molar-refractivity contribution in [3.63, 3.8) is 0 Å². The van der Waals surface area contributed by atoms with E-state index < -0.39 is 0 Å². The van der Waals surface area contributed by atoms with Gasteiger partial charge in [-0.3, -0.25) is 0 Å². The lowest BCUT2D eigenvalue weighted by molar-refractivity contribution is 0.137. The third kappa shape index (κ3) is 7.34. The number of carbonyl (C=O) groups excluding carboxylic acids is 1. The number of alkyl carbamates (subject to hydrolysis) is 1. The Labute approximate surface area is 73.9 Å². The fourth-order valence-corrected chi connectivity index (χ4v) is 0.599. The molecule has 0 aliphatic carbocycles. The van der Waals surface area contributed by atoms with Crippen molar-refractivity contribution in [2.75, 3.05) is 33.8 Å². The summed E-state index contributed by atoms with van der Waals surface area (Å²) in [5.41, 5.74) is 0. The lowest BCUT2D eigenvalue weighted by atomic mass is 10.5. The van der Waals surface area contributed by atoms with Gasteiger partial charge in [-0.2, -0.15) is 0 Å². The second kappa shape index (κ2) is 6.91. The van der Waals surface area contributed by atoms with Gasteiger partial charge in [-0.05, 0) is 20.5 Å². The SMILES string of the molecule is CCCNC(=O)OCCN(C)C. The molecule has 1 N–H and O–H groups in total. The maximum Gasteiger partial charge on any atom is 0.407 e. The molecule has 0 aromatic rings. The van der Waals surface area contributed by atoms with Gasteiger partial charge in [0, 0.05) is 13.1 Å². The molecule has 0 bridgehead atoms. The minimum absolute atomic E-state index is 0.321. The normalized spacial score (nSPS) is 10.0. The molecular weight excluding hydrogens is 156 g/mol. The van der Waals surface area contributed by atoms with E-state index in [9.17, 15) is 4.79 Å². The van der Waals surface area contributed by atoms with E-state index in [1.165, 1.54) is 0 Å². The van der Waals surface area contributed by atoms with Crippen molar-refractivity contribution < 1.29 is 9.53 Å². The highest BCUT2D eigenvalue weighted by Gasteiger charge is 1.99. The van der Waals surface area contributed by atoms with Gasteiger partial charge in [0.25, 0.3) is 0 Å². The molecular formula is C8H18N2O2. The van der Waals surface area contributed by atoms with Crippen molar-refractivity contribution in [1.82, 2.24) is 10.2 Å². The molecule has 0 heterocycles. The first kappa shape index (κ1) is 11.2. The molecule has 72 valence electrons. The molecule has 0 fully saturated rings. The number of hydrogen-bond acceptors (Lipinski definition) is 3. The van der Waals surface area contributed by atoms with E-state index in [4.69, 9.17) is 4.74 Å². The summed E-state index contributed by atoms with van der Waals surface area (Å²) in [4.78, 5) is 12.8. The summed E-state index contributed by atoms with van der Waals surface area (Å²) in [5.74, 6) is 0. The van der Waals surface area contributed by atoms with E-state index in [-0.39, 0.29) is 6.09 Å². The van der Waals surface area contributed by atoms with Crippen molar-refractivity contribution in [3.8, 4) is 0 Å². The summed E-state index contributed by atoms with van der Waals surface area (Å²) in [7, 11) is 3.88. The summed E-state index contributed by atoms with van der Waals surface area (Å²) in [6, 6.07) is 0. The summed E-state index contributed by atoms with van der Waals surface area (Å²) in [5, 5.41) is 2.63. The molecule has 0 aromatic carbocycles. The molecule has 4 heteroatoms. The van der Waals surface area contributed by atoms with Crippen LogP contribution in [-0.4, -0.2) is 44.8 Å². The van der Waals surface area contributed by atoms with Crippen LogP contribution in [0.3, 0.4) is 0 Å². The second-order valence-electron chi connectivity index (χ2n) is 2.87. The van der Waals surface area contributed by atoms with E-state index in [0.29, 0.717) is 13.2 Å². The number of ether oxygens (including phenoxy) is 1. The molecule has 0 radical (unpaired) electrons. The van der Waals surface area contributed by atoms with Crippen LogP contribution in [0.2, 0.25) is 0 Å². The van der Waals surface area contributed by atoms with Gasteiger partial charge in [0.05, 0.1) is 0 Å². The van der Waals surface area contributed by atoms with Crippen LogP contribution in [0.1, 0.15) is 13.3 Å². The molecule has 0 atom stereocenters. The van der Waals surface area contributed by atoms with Crippen molar-refractivity contribution >= 4 is 6.09 Å². The van der Waals surface area contributed by atoms with Gasteiger partial charge in [0.15, 0.2) is 0 Å². The second-order valence-corrected chi connectivity index (χ2v) is 2.87. The topological polar surface area (TPSA) is 41.6 Å². The number of likely N-dealkylation sites (N-methyl/N-ethyl adjacent to an activating group) is 1. The minimum atomic E-state index is -0.321. The molecule has 0 spiro atoms. The van der Waals surface area contributed by atoms with Gasteiger partial charge < -0.3 is 15.0 Å². The number of nitrogens with zero attached hydrogens (tertiary/aromatic N) is 1. The smallest absolute Gasteiger partial charge is 0.407 e. The van der Waals surface area contributed by atoms with Crippen molar-refractivity contribution in [1.29, 1.82) is 0 Å². The maximum absolute atomic E-state index is 10.8. The average molecular weight is 174 g/mol. The third-order valence-electron chi connectivity index (χ3n) is 1.29. The van der Waals surface area contributed by atoms with E-state index in [1.54, 1.807) is 0 Å². The van der Waals surface area contributed by atoms with Crippen LogP contribution in [-0.2, 0) is 4.74 Å². The zero-order valence-corrected chi connectivity index (χ0v) is 8.09. The largest absolute Gasteiger partial charge is 0.448 e. The number of nitrogens with one attached hydrogen (secondary N) is 1.